The summed E-state index contributed by atoms with van der Waals surface area (Å²) in [6.45, 7) is 0.853. The Morgan fingerprint density at radius 2 is 1.94 bits per heavy atom. The normalized spacial score (nSPS) is 18.8. The molecule has 0 aromatic carbocycles. The van der Waals surface area contributed by atoms with Gasteiger partial charge in [-0.2, -0.15) is 28.4 Å². The second-order valence-electron chi connectivity index (χ2n) is 7.20. The van der Waals surface area contributed by atoms with Crippen LogP contribution in [0.1, 0.15) is 36.2 Å². The summed E-state index contributed by atoms with van der Waals surface area (Å²) in [7, 11) is 0. The average Bonchev–Trinajstić information content (AvgIpc) is 3.30. The zero-order chi connectivity index (χ0) is 22.2. The molecule has 1 saturated carbocycles. The summed E-state index contributed by atoms with van der Waals surface area (Å²) in [5.74, 6) is -0.869. The first-order valence-corrected chi connectivity index (χ1v) is 9.49. The van der Waals surface area contributed by atoms with Crippen LogP contribution < -0.4 is 10.6 Å². The van der Waals surface area contributed by atoms with E-state index in [4.69, 9.17) is 0 Å². The third-order valence-corrected chi connectivity index (χ3v) is 5.14. The monoisotopic (exact) mass is 442 g/mol. The van der Waals surface area contributed by atoms with Gasteiger partial charge in [-0.1, -0.05) is 0 Å². The summed E-state index contributed by atoms with van der Waals surface area (Å²) in [4.78, 5) is 7.43. The van der Waals surface area contributed by atoms with Crippen LogP contribution in [0.4, 0.5) is 39.4 Å². The maximum absolute atomic E-state index is 13.1. The van der Waals surface area contributed by atoms with Crippen molar-refractivity contribution in [2.75, 3.05) is 17.2 Å². The van der Waals surface area contributed by atoms with Crippen molar-refractivity contribution in [3.8, 4) is 0 Å². The summed E-state index contributed by atoms with van der Waals surface area (Å²) in [6.07, 6.45) is -0.188. The van der Waals surface area contributed by atoms with Crippen LogP contribution in [0.15, 0.2) is 30.9 Å². The van der Waals surface area contributed by atoms with Crippen LogP contribution in [0.5, 0.6) is 0 Å². The van der Waals surface area contributed by atoms with Crippen LogP contribution in [0.2, 0.25) is 0 Å². The van der Waals surface area contributed by atoms with Gasteiger partial charge in [0.2, 0.25) is 5.95 Å². The highest BCUT2D eigenvalue weighted by molar-refractivity contribution is 5.58. The molecule has 31 heavy (non-hydrogen) atoms. The first-order valence-electron chi connectivity index (χ1n) is 9.49. The molecule has 0 saturated heterocycles. The minimum Gasteiger partial charge on any atom is -0.364 e. The number of nitrogens with one attached hydrogen (secondary N) is 2. The highest BCUT2D eigenvalue weighted by atomic mass is 19.4. The number of anilines is 3. The molecule has 1 aliphatic carbocycles. The van der Waals surface area contributed by atoms with Crippen LogP contribution in [0.25, 0.3) is 0 Å². The van der Waals surface area contributed by atoms with Crippen LogP contribution in [0, 0.1) is 6.92 Å². The predicted octanol–water partition coefficient (Wildman–Crippen LogP) is 4.19. The Kier molecular flexibility index (Phi) is 5.50. The molecule has 1 aliphatic rings. The Morgan fingerprint density at radius 3 is 2.58 bits per heavy atom. The highest BCUT2D eigenvalue weighted by Gasteiger charge is 2.36. The van der Waals surface area contributed by atoms with Gasteiger partial charge in [-0.15, -0.1) is 0 Å². The largest absolute Gasteiger partial charge is 0.421 e. The minimum absolute atomic E-state index is 0.157. The molecule has 0 amide bonds. The Balaban J connectivity index is 1.48. The summed E-state index contributed by atoms with van der Waals surface area (Å²) < 4.78 is 68.0. The van der Waals surface area contributed by atoms with E-state index in [9.17, 15) is 22.0 Å². The molecule has 2 N–H and O–H groups in total. The lowest BCUT2D eigenvalue weighted by Crippen LogP contribution is -2.30. The van der Waals surface area contributed by atoms with Crippen molar-refractivity contribution in [1.29, 1.82) is 0 Å². The van der Waals surface area contributed by atoms with Gasteiger partial charge in [-0.3, -0.25) is 9.36 Å². The molecule has 3 aromatic heterocycles. The molecular weight excluding hydrogens is 423 g/mol. The fourth-order valence-corrected chi connectivity index (χ4v) is 3.46. The molecule has 0 aliphatic heterocycles. The van der Waals surface area contributed by atoms with E-state index in [1.165, 1.54) is 6.20 Å². The number of rotatable bonds is 7. The lowest BCUT2D eigenvalue weighted by Gasteiger charge is -2.36. The quantitative estimate of drug-likeness (QED) is 0.534. The summed E-state index contributed by atoms with van der Waals surface area (Å²) in [5.41, 5.74) is 0.0573. The maximum Gasteiger partial charge on any atom is 0.421 e. The first kappa shape index (κ1) is 21.0. The molecule has 13 heteroatoms. The van der Waals surface area contributed by atoms with Gasteiger partial charge < -0.3 is 10.6 Å². The topological polar surface area (TPSA) is 85.5 Å². The first-order chi connectivity index (χ1) is 14.7. The second kappa shape index (κ2) is 8.12. The van der Waals surface area contributed by atoms with Crippen molar-refractivity contribution < 1.29 is 22.0 Å². The summed E-state index contributed by atoms with van der Waals surface area (Å²) in [5, 5.41) is 13.4. The van der Waals surface area contributed by atoms with Crippen molar-refractivity contribution in [1.82, 2.24) is 29.5 Å². The van der Waals surface area contributed by atoms with Gasteiger partial charge in [0.25, 0.3) is 6.43 Å². The van der Waals surface area contributed by atoms with E-state index in [0.29, 0.717) is 17.9 Å². The van der Waals surface area contributed by atoms with Crippen LogP contribution in [0.3, 0.4) is 0 Å². The number of hydrogen-bond acceptors (Lipinski definition) is 6. The van der Waals surface area contributed by atoms with Gasteiger partial charge in [0.1, 0.15) is 11.4 Å². The van der Waals surface area contributed by atoms with Crippen LogP contribution in [-0.4, -0.2) is 42.5 Å². The molecule has 4 rings (SSSR count). The van der Waals surface area contributed by atoms with E-state index >= 15 is 0 Å². The van der Waals surface area contributed by atoms with Crippen molar-refractivity contribution >= 4 is 17.5 Å². The van der Waals surface area contributed by atoms with Crippen LogP contribution >= 0.6 is 0 Å². The average molecular weight is 442 g/mol. The summed E-state index contributed by atoms with van der Waals surface area (Å²) in [6, 6.07) is 2.33. The Hall–Kier alpha value is -3.25. The molecule has 0 radical (unpaired) electrons. The molecule has 3 heterocycles. The lowest BCUT2D eigenvalue weighted by atomic mass is 9.87. The minimum atomic E-state index is -4.78. The summed E-state index contributed by atoms with van der Waals surface area (Å²) >= 11 is 0. The number of halogens is 5. The molecule has 0 unspecified atom stereocenters. The molecule has 0 spiro atoms. The van der Waals surface area contributed by atoms with Gasteiger partial charge >= 0.3 is 6.18 Å². The Bertz CT molecular complexity index is 1020. The third-order valence-electron chi connectivity index (χ3n) is 5.14. The highest BCUT2D eigenvalue weighted by Crippen LogP contribution is 2.42. The van der Waals surface area contributed by atoms with E-state index in [-0.39, 0.29) is 12.0 Å². The molecule has 1 fully saturated rings. The molecule has 0 bridgehead atoms. The van der Waals surface area contributed by atoms with Crippen molar-refractivity contribution in [3.05, 3.63) is 42.1 Å². The number of aromatic nitrogens is 6. The number of nitrogens with zero attached hydrogens (tertiary/aromatic N) is 6. The number of hydrogen-bond donors (Lipinski definition) is 2. The standard InChI is InChI=1S/C18H19F5N8/c1-10-14(8-27-31(10)12-5-11(6-12)30-4-2-3-26-30)28-17-25-7-13(18(21,22)23)16(29-17)24-9-15(19)20/h2-4,7-8,11-12,15H,5-6,9H2,1H3,(H2,24,25,28,29)/t11-,12+. The van der Waals surface area contributed by atoms with Crippen molar-refractivity contribution in [3.63, 3.8) is 0 Å². The molecular formula is C18H19F5N8. The predicted molar refractivity (Wildman–Crippen MR) is 101 cm³/mol. The number of alkyl halides is 5. The van der Waals surface area contributed by atoms with E-state index < -0.39 is 30.5 Å². The van der Waals surface area contributed by atoms with E-state index in [2.05, 4.69) is 25.5 Å². The smallest absolute Gasteiger partial charge is 0.364 e. The van der Waals surface area contributed by atoms with Crippen molar-refractivity contribution in [2.45, 2.75) is 44.5 Å². The van der Waals surface area contributed by atoms with E-state index in [1.807, 2.05) is 33.9 Å². The van der Waals surface area contributed by atoms with Gasteiger partial charge in [-0.25, -0.2) is 13.8 Å². The van der Waals surface area contributed by atoms with E-state index in [0.717, 1.165) is 18.5 Å². The molecule has 166 valence electrons. The third kappa shape index (κ3) is 4.44. The Morgan fingerprint density at radius 1 is 1.16 bits per heavy atom. The maximum atomic E-state index is 13.1. The Labute approximate surface area is 173 Å². The van der Waals surface area contributed by atoms with Crippen LogP contribution in [-0.2, 0) is 6.18 Å². The molecule has 8 nitrogen and oxygen atoms in total. The van der Waals surface area contributed by atoms with Gasteiger partial charge in [-0.05, 0) is 25.8 Å². The van der Waals surface area contributed by atoms with E-state index in [1.54, 1.807) is 6.20 Å². The zero-order valence-electron chi connectivity index (χ0n) is 16.3. The van der Waals surface area contributed by atoms with Gasteiger partial charge in [0, 0.05) is 18.6 Å². The fraction of sp³-hybridized carbons (Fsp3) is 0.444. The fourth-order valence-electron chi connectivity index (χ4n) is 3.46. The SMILES string of the molecule is Cc1c(Nc2ncc(C(F)(F)F)c(NCC(F)F)n2)cnn1[C@H]1C[C@@H](n2cccn2)C1. The lowest BCUT2D eigenvalue weighted by molar-refractivity contribution is -0.137. The van der Waals surface area contributed by atoms with Gasteiger partial charge in [0.05, 0.1) is 36.2 Å². The molecule has 0 atom stereocenters. The molecule has 3 aromatic rings. The zero-order valence-corrected chi connectivity index (χ0v) is 16.3. The van der Waals surface area contributed by atoms with Gasteiger partial charge in [0.15, 0.2) is 0 Å². The van der Waals surface area contributed by atoms with Crippen molar-refractivity contribution in [2.24, 2.45) is 0 Å². The second-order valence-corrected chi connectivity index (χ2v) is 7.20.